The molecule has 0 atom stereocenters. The van der Waals surface area contributed by atoms with E-state index in [4.69, 9.17) is 11.3 Å². The SMILES string of the molecule is N=NC(N)=NC(=O)c1ccc(CN(C(=O)Nc2cccc(SC(F)(F)F)c2)c2ccc(C3=CCCCC3)cc2)cc1. The van der Waals surface area contributed by atoms with Crippen molar-refractivity contribution in [1.29, 1.82) is 5.53 Å². The molecule has 0 aromatic heterocycles. The first kappa shape index (κ1) is 29.5. The number of thioether (sulfide) groups is 1. The average Bonchev–Trinajstić information content (AvgIpc) is 2.96. The molecule has 0 heterocycles. The summed E-state index contributed by atoms with van der Waals surface area (Å²) in [5.74, 6) is -1.13. The molecule has 0 radical (unpaired) electrons. The van der Waals surface area contributed by atoms with E-state index >= 15 is 0 Å². The van der Waals surface area contributed by atoms with Crippen molar-refractivity contribution in [3.63, 3.8) is 0 Å². The molecule has 1 aliphatic rings. The van der Waals surface area contributed by atoms with Gasteiger partial charge in [-0.1, -0.05) is 36.4 Å². The molecule has 1 aliphatic carbocycles. The minimum atomic E-state index is -4.45. The molecular formula is C29H27F3N6O2S. The molecule has 4 rings (SSSR count). The number of urea groups is 1. The Morgan fingerprint density at radius 2 is 1.76 bits per heavy atom. The Balaban J connectivity index is 1.59. The molecule has 0 bridgehead atoms. The number of anilines is 2. The van der Waals surface area contributed by atoms with Crippen molar-refractivity contribution in [3.05, 3.63) is 95.6 Å². The molecule has 4 N–H and O–H groups in total. The highest BCUT2D eigenvalue weighted by atomic mass is 32.2. The van der Waals surface area contributed by atoms with E-state index in [1.165, 1.54) is 53.3 Å². The zero-order valence-corrected chi connectivity index (χ0v) is 22.6. The van der Waals surface area contributed by atoms with Gasteiger partial charge in [-0.25, -0.2) is 10.3 Å². The van der Waals surface area contributed by atoms with Gasteiger partial charge in [-0.3, -0.25) is 9.69 Å². The van der Waals surface area contributed by atoms with Gasteiger partial charge >= 0.3 is 11.5 Å². The van der Waals surface area contributed by atoms with Crippen molar-refractivity contribution in [3.8, 4) is 0 Å². The van der Waals surface area contributed by atoms with Gasteiger partial charge < -0.3 is 11.1 Å². The van der Waals surface area contributed by atoms with Crippen LogP contribution in [0.3, 0.4) is 0 Å². The van der Waals surface area contributed by atoms with E-state index in [2.05, 4.69) is 21.5 Å². The number of hydrogen-bond acceptors (Lipinski definition) is 4. The lowest BCUT2D eigenvalue weighted by Gasteiger charge is -2.24. The van der Waals surface area contributed by atoms with Crippen LogP contribution < -0.4 is 16.0 Å². The monoisotopic (exact) mass is 580 g/mol. The normalized spacial score (nSPS) is 13.7. The van der Waals surface area contributed by atoms with E-state index in [-0.39, 0.29) is 34.5 Å². The highest BCUT2D eigenvalue weighted by Gasteiger charge is 2.29. The molecular weight excluding hydrogens is 553 g/mol. The Kier molecular flexibility index (Phi) is 9.56. The number of amides is 3. The molecule has 0 spiro atoms. The number of nitrogens with two attached hydrogens (primary N) is 1. The zero-order chi connectivity index (χ0) is 29.4. The lowest BCUT2D eigenvalue weighted by Crippen LogP contribution is -2.34. The highest BCUT2D eigenvalue weighted by Crippen LogP contribution is 2.37. The van der Waals surface area contributed by atoms with Crippen LogP contribution in [0.2, 0.25) is 0 Å². The van der Waals surface area contributed by atoms with Gasteiger partial charge in [-0.2, -0.15) is 18.2 Å². The molecule has 0 unspecified atom stereocenters. The second-order valence-corrected chi connectivity index (χ2v) is 10.3. The maximum atomic E-state index is 13.5. The molecule has 41 heavy (non-hydrogen) atoms. The molecule has 3 amide bonds. The molecule has 212 valence electrons. The molecule has 0 fully saturated rings. The number of rotatable bonds is 7. The van der Waals surface area contributed by atoms with Crippen molar-refractivity contribution in [2.75, 3.05) is 10.2 Å². The number of nitrogens with zero attached hydrogens (tertiary/aromatic N) is 3. The first-order valence-corrected chi connectivity index (χ1v) is 13.5. The fraction of sp³-hybridized carbons (Fsp3) is 0.207. The van der Waals surface area contributed by atoms with Crippen LogP contribution >= 0.6 is 11.8 Å². The Labute approximate surface area is 239 Å². The van der Waals surface area contributed by atoms with Crippen LogP contribution in [0.4, 0.5) is 29.3 Å². The first-order valence-electron chi connectivity index (χ1n) is 12.7. The van der Waals surface area contributed by atoms with Gasteiger partial charge in [0.15, 0.2) is 0 Å². The summed E-state index contributed by atoms with van der Waals surface area (Å²) in [6.45, 7) is 0.104. The Bertz CT molecular complexity index is 1470. The number of alkyl halides is 3. The Hall–Kier alpha value is -4.45. The van der Waals surface area contributed by atoms with Crippen molar-refractivity contribution in [1.82, 2.24) is 0 Å². The van der Waals surface area contributed by atoms with E-state index in [0.717, 1.165) is 24.8 Å². The summed E-state index contributed by atoms with van der Waals surface area (Å²) in [7, 11) is 0. The number of hydrogen-bond donors (Lipinski definition) is 3. The average molecular weight is 581 g/mol. The second-order valence-electron chi connectivity index (χ2n) is 9.20. The number of benzene rings is 3. The maximum absolute atomic E-state index is 13.5. The van der Waals surface area contributed by atoms with Gasteiger partial charge in [0.25, 0.3) is 5.91 Å². The number of nitrogens with one attached hydrogen (secondary N) is 2. The predicted molar refractivity (Wildman–Crippen MR) is 154 cm³/mol. The van der Waals surface area contributed by atoms with E-state index in [0.29, 0.717) is 11.3 Å². The van der Waals surface area contributed by atoms with Crippen LogP contribution in [0, 0.1) is 5.53 Å². The van der Waals surface area contributed by atoms with E-state index in [1.807, 2.05) is 24.3 Å². The van der Waals surface area contributed by atoms with Crippen molar-refractivity contribution >= 4 is 46.6 Å². The molecule has 0 saturated heterocycles. The minimum Gasteiger partial charge on any atom is -0.366 e. The fourth-order valence-electron chi connectivity index (χ4n) is 4.33. The van der Waals surface area contributed by atoms with Crippen LogP contribution in [0.15, 0.2) is 93.9 Å². The Morgan fingerprint density at radius 1 is 1.02 bits per heavy atom. The predicted octanol–water partition coefficient (Wildman–Crippen LogP) is 7.98. The third-order valence-corrected chi connectivity index (χ3v) is 7.00. The van der Waals surface area contributed by atoms with E-state index in [1.54, 1.807) is 12.1 Å². The fourth-order valence-corrected chi connectivity index (χ4v) is 4.93. The third kappa shape index (κ3) is 8.52. The summed E-state index contributed by atoms with van der Waals surface area (Å²) in [6, 6.07) is 18.9. The lowest BCUT2D eigenvalue weighted by atomic mass is 9.93. The molecule has 3 aromatic carbocycles. The number of allylic oxidation sites excluding steroid dienone is 2. The summed E-state index contributed by atoms with van der Waals surface area (Å²) in [6.07, 6.45) is 6.55. The molecule has 3 aromatic rings. The highest BCUT2D eigenvalue weighted by molar-refractivity contribution is 8.00. The van der Waals surface area contributed by atoms with E-state index in [9.17, 15) is 22.8 Å². The summed E-state index contributed by atoms with van der Waals surface area (Å²) < 4.78 is 38.6. The third-order valence-electron chi connectivity index (χ3n) is 6.28. The number of halogens is 3. The van der Waals surface area contributed by atoms with E-state index < -0.39 is 23.4 Å². The number of carbonyl (C=O) groups excluding carboxylic acids is 2. The van der Waals surface area contributed by atoms with Gasteiger partial charge in [-0.15, -0.1) is 5.11 Å². The lowest BCUT2D eigenvalue weighted by molar-refractivity contribution is -0.0328. The zero-order valence-electron chi connectivity index (χ0n) is 21.8. The minimum absolute atomic E-state index is 0.0475. The first-order chi connectivity index (χ1) is 19.6. The van der Waals surface area contributed by atoms with Crippen LogP contribution in [0.25, 0.3) is 5.57 Å². The van der Waals surface area contributed by atoms with Gasteiger partial charge in [0.2, 0.25) is 5.96 Å². The number of carbonyl (C=O) groups is 2. The quantitative estimate of drug-likeness (QED) is 0.113. The van der Waals surface area contributed by atoms with Gasteiger partial charge in [-0.05, 0) is 96.6 Å². The largest absolute Gasteiger partial charge is 0.446 e. The van der Waals surface area contributed by atoms with Crippen molar-refractivity contribution in [2.24, 2.45) is 15.8 Å². The van der Waals surface area contributed by atoms with Crippen LogP contribution in [0.5, 0.6) is 0 Å². The second kappa shape index (κ2) is 13.3. The van der Waals surface area contributed by atoms with Crippen LogP contribution in [-0.2, 0) is 6.54 Å². The van der Waals surface area contributed by atoms with Crippen molar-refractivity contribution < 1.29 is 22.8 Å². The van der Waals surface area contributed by atoms with Crippen LogP contribution in [0.1, 0.15) is 47.2 Å². The summed E-state index contributed by atoms with van der Waals surface area (Å²) >= 11 is -0.258. The summed E-state index contributed by atoms with van der Waals surface area (Å²) in [5, 5.41) is 5.61. The topological polar surface area (TPSA) is 124 Å². The molecule has 0 saturated carbocycles. The van der Waals surface area contributed by atoms with Gasteiger partial charge in [0, 0.05) is 21.8 Å². The molecule has 0 aliphatic heterocycles. The Morgan fingerprint density at radius 3 is 2.39 bits per heavy atom. The van der Waals surface area contributed by atoms with Crippen LogP contribution in [-0.4, -0.2) is 23.4 Å². The summed E-state index contributed by atoms with van der Waals surface area (Å²) in [5.41, 5.74) is 11.7. The number of guanidine groups is 1. The van der Waals surface area contributed by atoms with Gasteiger partial charge in [0.1, 0.15) is 0 Å². The molecule has 8 nitrogen and oxygen atoms in total. The molecule has 12 heteroatoms. The maximum Gasteiger partial charge on any atom is 0.446 e. The smallest absolute Gasteiger partial charge is 0.366 e. The summed E-state index contributed by atoms with van der Waals surface area (Å²) in [4.78, 5) is 30.6. The van der Waals surface area contributed by atoms with Gasteiger partial charge in [0.05, 0.1) is 6.54 Å². The van der Waals surface area contributed by atoms with Crippen molar-refractivity contribution in [2.45, 2.75) is 42.6 Å². The number of aliphatic imine (C=N–C) groups is 1. The standard InChI is InChI=1S/C29H27F3N6O2S/c30-29(31,32)41-25-8-4-7-23(17-25)35-28(40)38(24-15-13-21(14-16-24)20-5-2-1-3-6-20)18-19-9-11-22(12-10-19)26(39)36-27(33)37-34/h4-5,7-17,34H,1-3,6,18H2,(H,35,40)(H2,33,36,39).